The average Bonchev–Trinajstić information content (AvgIpc) is 2.68. The molecule has 0 saturated carbocycles. The van der Waals surface area contributed by atoms with E-state index < -0.39 is 0 Å². The molecule has 142 valence electrons. The lowest BCUT2D eigenvalue weighted by atomic mass is 10.00. The van der Waals surface area contributed by atoms with Gasteiger partial charge in [-0.25, -0.2) is 0 Å². The Bertz CT molecular complexity index is 815. The second-order valence-electron chi connectivity index (χ2n) is 6.82. The molecule has 2 aromatic carbocycles. The first kappa shape index (κ1) is 19.0. The summed E-state index contributed by atoms with van der Waals surface area (Å²) in [7, 11) is 1.62. The van der Waals surface area contributed by atoms with Gasteiger partial charge in [0.05, 0.1) is 13.5 Å². The van der Waals surface area contributed by atoms with Crippen LogP contribution in [-0.2, 0) is 22.4 Å². The summed E-state index contributed by atoms with van der Waals surface area (Å²) >= 11 is 0. The average molecular weight is 366 g/mol. The predicted molar refractivity (Wildman–Crippen MR) is 107 cm³/mol. The molecule has 1 aliphatic rings. The highest BCUT2D eigenvalue weighted by atomic mass is 16.5. The zero-order valence-electron chi connectivity index (χ0n) is 16.0. The Hall–Kier alpha value is -2.82. The number of nitrogens with zero attached hydrogens (tertiary/aromatic N) is 1. The summed E-state index contributed by atoms with van der Waals surface area (Å²) in [6.07, 6.45) is 3.60. The van der Waals surface area contributed by atoms with Gasteiger partial charge < -0.3 is 15.0 Å². The van der Waals surface area contributed by atoms with E-state index in [1.54, 1.807) is 7.11 Å². The van der Waals surface area contributed by atoms with E-state index in [0.717, 1.165) is 54.1 Å². The minimum Gasteiger partial charge on any atom is -0.497 e. The van der Waals surface area contributed by atoms with Gasteiger partial charge in [-0.15, -0.1) is 0 Å². The molecule has 0 aromatic heterocycles. The topological polar surface area (TPSA) is 58.6 Å². The van der Waals surface area contributed by atoms with Crippen molar-refractivity contribution in [3.63, 3.8) is 0 Å². The molecule has 0 aliphatic carbocycles. The third kappa shape index (κ3) is 4.67. The van der Waals surface area contributed by atoms with Crippen LogP contribution < -0.4 is 15.0 Å². The van der Waals surface area contributed by atoms with Crippen molar-refractivity contribution in [3.8, 4) is 5.75 Å². The largest absolute Gasteiger partial charge is 0.497 e. The standard InChI is InChI=1S/C22H26N2O3/c1-3-4-13-24-20-11-8-18(15-17(20)7-12-22(24)26)23-21(25)14-16-5-9-19(27-2)10-6-16/h5-6,8-11,15H,3-4,7,12-14H2,1-2H3,(H,23,25). The molecule has 5 heteroatoms. The molecule has 1 N–H and O–H groups in total. The van der Waals surface area contributed by atoms with Gasteiger partial charge in [-0.1, -0.05) is 25.5 Å². The van der Waals surface area contributed by atoms with Crippen LogP contribution in [0.1, 0.15) is 37.3 Å². The molecule has 2 amide bonds. The second kappa shape index (κ2) is 8.71. The van der Waals surface area contributed by atoms with Crippen molar-refractivity contribution >= 4 is 23.2 Å². The molecule has 1 heterocycles. The highest BCUT2D eigenvalue weighted by Crippen LogP contribution is 2.30. The van der Waals surface area contributed by atoms with Gasteiger partial charge in [0.25, 0.3) is 0 Å². The minimum atomic E-state index is -0.0603. The zero-order valence-corrected chi connectivity index (χ0v) is 16.0. The van der Waals surface area contributed by atoms with Crippen molar-refractivity contribution in [2.75, 3.05) is 23.9 Å². The monoisotopic (exact) mass is 366 g/mol. The molecule has 0 bridgehead atoms. The molecule has 0 saturated heterocycles. The fraction of sp³-hybridized carbons (Fsp3) is 0.364. The number of fused-ring (bicyclic) bond motifs is 1. The Kier molecular flexibility index (Phi) is 6.12. The Morgan fingerprint density at radius 3 is 2.63 bits per heavy atom. The van der Waals surface area contributed by atoms with E-state index in [0.29, 0.717) is 12.8 Å². The first-order valence-corrected chi connectivity index (χ1v) is 9.46. The third-order valence-corrected chi connectivity index (χ3v) is 4.82. The maximum absolute atomic E-state index is 12.4. The van der Waals surface area contributed by atoms with E-state index in [-0.39, 0.29) is 11.8 Å². The Morgan fingerprint density at radius 2 is 1.93 bits per heavy atom. The van der Waals surface area contributed by atoms with Crippen molar-refractivity contribution in [2.24, 2.45) is 0 Å². The molecular formula is C22H26N2O3. The van der Waals surface area contributed by atoms with E-state index in [4.69, 9.17) is 4.74 Å². The van der Waals surface area contributed by atoms with Crippen LogP contribution in [0.3, 0.4) is 0 Å². The predicted octanol–water partition coefficient (Wildman–Crippen LogP) is 3.96. The van der Waals surface area contributed by atoms with E-state index >= 15 is 0 Å². The maximum atomic E-state index is 12.4. The number of rotatable bonds is 7. The summed E-state index contributed by atoms with van der Waals surface area (Å²) in [6, 6.07) is 13.3. The first-order valence-electron chi connectivity index (χ1n) is 9.46. The van der Waals surface area contributed by atoms with Gasteiger partial charge in [-0.05, 0) is 54.3 Å². The molecule has 3 rings (SSSR count). The molecule has 0 atom stereocenters. The number of hydrogen-bond donors (Lipinski definition) is 1. The summed E-state index contributed by atoms with van der Waals surface area (Å²) < 4.78 is 5.13. The summed E-state index contributed by atoms with van der Waals surface area (Å²) in [5.41, 5.74) is 3.81. The zero-order chi connectivity index (χ0) is 19.2. The van der Waals surface area contributed by atoms with E-state index in [1.807, 2.05) is 47.4 Å². The summed E-state index contributed by atoms with van der Waals surface area (Å²) in [5, 5.41) is 2.96. The summed E-state index contributed by atoms with van der Waals surface area (Å²) in [4.78, 5) is 26.5. The molecular weight excluding hydrogens is 340 g/mol. The Labute approximate surface area is 160 Å². The number of ether oxygens (including phenoxy) is 1. The van der Waals surface area contributed by atoms with Crippen LogP contribution in [-0.4, -0.2) is 25.5 Å². The van der Waals surface area contributed by atoms with Crippen LogP contribution in [0.4, 0.5) is 11.4 Å². The first-order chi connectivity index (χ1) is 13.1. The van der Waals surface area contributed by atoms with Gasteiger partial charge >= 0.3 is 0 Å². The van der Waals surface area contributed by atoms with Crippen molar-refractivity contribution in [1.82, 2.24) is 0 Å². The fourth-order valence-corrected chi connectivity index (χ4v) is 3.33. The van der Waals surface area contributed by atoms with Crippen LogP contribution in [0, 0.1) is 0 Å². The van der Waals surface area contributed by atoms with Crippen LogP contribution in [0.2, 0.25) is 0 Å². The lowest BCUT2D eigenvalue weighted by Gasteiger charge is -2.29. The highest BCUT2D eigenvalue weighted by molar-refractivity contribution is 5.97. The van der Waals surface area contributed by atoms with Gasteiger partial charge in [0.15, 0.2) is 0 Å². The second-order valence-corrected chi connectivity index (χ2v) is 6.82. The third-order valence-electron chi connectivity index (χ3n) is 4.82. The molecule has 0 fully saturated rings. The van der Waals surface area contributed by atoms with E-state index in [1.165, 1.54) is 0 Å². The Morgan fingerprint density at radius 1 is 1.15 bits per heavy atom. The summed E-state index contributed by atoms with van der Waals surface area (Å²) in [5.74, 6) is 0.901. The van der Waals surface area contributed by atoms with Crippen molar-refractivity contribution in [3.05, 3.63) is 53.6 Å². The fourth-order valence-electron chi connectivity index (χ4n) is 3.33. The molecule has 27 heavy (non-hydrogen) atoms. The highest BCUT2D eigenvalue weighted by Gasteiger charge is 2.23. The van der Waals surface area contributed by atoms with Gasteiger partial charge in [-0.2, -0.15) is 0 Å². The normalized spacial score (nSPS) is 13.3. The Balaban J connectivity index is 1.67. The number of aryl methyl sites for hydroxylation is 1. The smallest absolute Gasteiger partial charge is 0.228 e. The SMILES string of the molecule is CCCCN1C(=O)CCc2cc(NC(=O)Cc3ccc(OC)cc3)ccc21. The number of methoxy groups -OCH3 is 1. The van der Waals surface area contributed by atoms with E-state index in [2.05, 4.69) is 12.2 Å². The minimum absolute atomic E-state index is 0.0603. The number of unbranched alkanes of at least 4 members (excludes halogenated alkanes) is 1. The van der Waals surface area contributed by atoms with Crippen molar-refractivity contribution in [1.29, 1.82) is 0 Å². The number of amides is 2. The number of benzene rings is 2. The molecule has 0 unspecified atom stereocenters. The van der Waals surface area contributed by atoms with Gasteiger partial charge in [-0.3, -0.25) is 9.59 Å². The quantitative estimate of drug-likeness (QED) is 0.807. The molecule has 1 aliphatic heterocycles. The maximum Gasteiger partial charge on any atom is 0.228 e. The van der Waals surface area contributed by atoms with Crippen molar-refractivity contribution in [2.45, 2.75) is 39.0 Å². The molecule has 0 spiro atoms. The molecule has 0 radical (unpaired) electrons. The number of hydrogen-bond acceptors (Lipinski definition) is 3. The van der Waals surface area contributed by atoms with Crippen LogP contribution in [0.15, 0.2) is 42.5 Å². The van der Waals surface area contributed by atoms with Crippen LogP contribution in [0.5, 0.6) is 5.75 Å². The lowest BCUT2D eigenvalue weighted by Crippen LogP contribution is -2.35. The van der Waals surface area contributed by atoms with Crippen LogP contribution >= 0.6 is 0 Å². The van der Waals surface area contributed by atoms with E-state index in [9.17, 15) is 9.59 Å². The number of anilines is 2. The lowest BCUT2D eigenvalue weighted by molar-refractivity contribution is -0.119. The van der Waals surface area contributed by atoms with Crippen molar-refractivity contribution < 1.29 is 14.3 Å². The van der Waals surface area contributed by atoms with Crippen LogP contribution in [0.25, 0.3) is 0 Å². The summed E-state index contributed by atoms with van der Waals surface area (Å²) in [6.45, 7) is 2.88. The number of nitrogens with one attached hydrogen (secondary N) is 1. The molecule has 5 nitrogen and oxygen atoms in total. The number of carbonyl (C=O) groups excluding carboxylic acids is 2. The molecule has 2 aromatic rings. The van der Waals surface area contributed by atoms with Gasteiger partial charge in [0, 0.05) is 24.3 Å². The van der Waals surface area contributed by atoms with Gasteiger partial charge in [0.2, 0.25) is 11.8 Å². The number of carbonyl (C=O) groups is 2. The van der Waals surface area contributed by atoms with Gasteiger partial charge in [0.1, 0.15) is 5.75 Å².